The van der Waals surface area contributed by atoms with Crippen molar-refractivity contribution < 1.29 is 14.6 Å². The van der Waals surface area contributed by atoms with Gasteiger partial charge in [-0.05, 0) is 19.4 Å². The molecule has 1 unspecified atom stereocenters. The summed E-state index contributed by atoms with van der Waals surface area (Å²) in [4.78, 5) is 0. The molecular formula is C13H16ClNO3. The van der Waals surface area contributed by atoms with Crippen molar-refractivity contribution in [3.8, 4) is 17.2 Å². The van der Waals surface area contributed by atoms with E-state index in [-0.39, 0.29) is 11.7 Å². The van der Waals surface area contributed by atoms with Crippen LogP contribution in [0.15, 0.2) is 6.07 Å². The molecule has 1 saturated heterocycles. The van der Waals surface area contributed by atoms with E-state index in [4.69, 9.17) is 21.1 Å². The van der Waals surface area contributed by atoms with Crippen molar-refractivity contribution in [2.24, 2.45) is 0 Å². The second-order valence-corrected chi connectivity index (χ2v) is 5.07. The van der Waals surface area contributed by atoms with Gasteiger partial charge in [0.05, 0.1) is 5.02 Å². The first-order valence-corrected chi connectivity index (χ1v) is 6.67. The number of aromatic hydroxyl groups is 1. The van der Waals surface area contributed by atoms with E-state index in [1.807, 2.05) is 0 Å². The molecule has 1 fully saturated rings. The number of ether oxygens (including phenoxy) is 2. The van der Waals surface area contributed by atoms with Gasteiger partial charge in [0.25, 0.3) is 0 Å². The fourth-order valence-corrected chi connectivity index (χ4v) is 2.93. The van der Waals surface area contributed by atoms with Gasteiger partial charge in [0.2, 0.25) is 0 Å². The van der Waals surface area contributed by atoms with Crippen molar-refractivity contribution in [1.82, 2.24) is 5.32 Å². The van der Waals surface area contributed by atoms with Gasteiger partial charge in [0, 0.05) is 24.1 Å². The third-order valence-corrected chi connectivity index (χ3v) is 3.89. The van der Waals surface area contributed by atoms with Crippen molar-refractivity contribution >= 4 is 11.6 Å². The zero-order valence-corrected chi connectivity index (χ0v) is 10.8. The van der Waals surface area contributed by atoms with Gasteiger partial charge < -0.3 is 19.9 Å². The van der Waals surface area contributed by atoms with Crippen molar-refractivity contribution in [1.29, 1.82) is 0 Å². The lowest BCUT2D eigenvalue weighted by atomic mass is 9.90. The van der Waals surface area contributed by atoms with Crippen LogP contribution in [0, 0.1) is 0 Å². The maximum absolute atomic E-state index is 9.90. The molecule has 0 saturated carbocycles. The zero-order chi connectivity index (χ0) is 12.5. The maximum Gasteiger partial charge on any atom is 0.166 e. The Kier molecular flexibility index (Phi) is 3.22. The summed E-state index contributed by atoms with van der Waals surface area (Å²) in [5, 5.41) is 13.6. The van der Waals surface area contributed by atoms with Gasteiger partial charge in [-0.2, -0.15) is 0 Å². The van der Waals surface area contributed by atoms with Gasteiger partial charge in [-0.25, -0.2) is 0 Å². The first kappa shape index (κ1) is 11.9. The Balaban J connectivity index is 2.07. The smallest absolute Gasteiger partial charge is 0.166 e. The summed E-state index contributed by atoms with van der Waals surface area (Å²) < 4.78 is 11.2. The molecule has 0 spiro atoms. The summed E-state index contributed by atoms with van der Waals surface area (Å²) in [6, 6.07) is 1.54. The predicted molar refractivity (Wildman–Crippen MR) is 69.0 cm³/mol. The molecular weight excluding hydrogens is 254 g/mol. The first-order chi connectivity index (χ1) is 8.77. The van der Waals surface area contributed by atoms with Crippen LogP contribution < -0.4 is 14.8 Å². The van der Waals surface area contributed by atoms with Crippen LogP contribution >= 0.6 is 11.6 Å². The normalized spacial score (nSPS) is 22.8. The van der Waals surface area contributed by atoms with Crippen LogP contribution in [0.1, 0.15) is 24.3 Å². The number of rotatable bonds is 1. The number of piperidine rings is 1. The molecule has 2 aliphatic heterocycles. The van der Waals surface area contributed by atoms with Crippen molar-refractivity contribution in [2.45, 2.75) is 18.8 Å². The lowest BCUT2D eigenvalue weighted by Gasteiger charge is -2.29. The number of hydrogen-bond donors (Lipinski definition) is 2. The molecule has 98 valence electrons. The summed E-state index contributed by atoms with van der Waals surface area (Å²) in [6.45, 7) is 2.93. The van der Waals surface area contributed by atoms with E-state index < -0.39 is 0 Å². The lowest BCUT2D eigenvalue weighted by molar-refractivity contribution is 0.168. The molecule has 3 rings (SSSR count). The molecule has 18 heavy (non-hydrogen) atoms. The van der Waals surface area contributed by atoms with Crippen LogP contribution in [0.5, 0.6) is 17.2 Å². The second-order valence-electron chi connectivity index (χ2n) is 4.69. The molecule has 0 amide bonds. The van der Waals surface area contributed by atoms with Crippen LogP contribution in [0.25, 0.3) is 0 Å². The zero-order valence-electron chi connectivity index (χ0n) is 10.0. The van der Waals surface area contributed by atoms with Gasteiger partial charge in [0.1, 0.15) is 19.0 Å². The molecule has 1 atom stereocenters. The lowest BCUT2D eigenvalue weighted by Crippen LogP contribution is -2.29. The van der Waals surface area contributed by atoms with Crippen LogP contribution in [0.2, 0.25) is 5.02 Å². The van der Waals surface area contributed by atoms with Gasteiger partial charge in [0.15, 0.2) is 11.5 Å². The fourth-order valence-electron chi connectivity index (χ4n) is 2.64. The van der Waals surface area contributed by atoms with Crippen molar-refractivity contribution in [2.75, 3.05) is 26.3 Å². The maximum atomic E-state index is 9.90. The second kappa shape index (κ2) is 4.86. The number of phenolic OH excluding ortho intramolecular Hbond substituents is 1. The molecule has 1 aromatic carbocycles. The van der Waals surface area contributed by atoms with Gasteiger partial charge in [-0.3, -0.25) is 0 Å². The summed E-state index contributed by atoms with van der Waals surface area (Å²) in [7, 11) is 0. The minimum absolute atomic E-state index is 0.0708. The summed E-state index contributed by atoms with van der Waals surface area (Å²) in [6.07, 6.45) is 2.15. The molecule has 5 heteroatoms. The van der Waals surface area contributed by atoms with Crippen LogP contribution in [-0.2, 0) is 0 Å². The number of hydrogen-bond acceptors (Lipinski definition) is 4. The highest BCUT2D eigenvalue weighted by molar-refractivity contribution is 6.33. The van der Waals surface area contributed by atoms with Gasteiger partial charge in [-0.15, -0.1) is 0 Å². The highest BCUT2D eigenvalue weighted by Crippen LogP contribution is 2.47. The molecule has 1 aromatic rings. The van der Waals surface area contributed by atoms with Crippen LogP contribution in [0.4, 0.5) is 0 Å². The summed E-state index contributed by atoms with van der Waals surface area (Å²) in [5.41, 5.74) is 0.888. The molecule has 2 heterocycles. The number of benzene rings is 1. The van der Waals surface area contributed by atoms with Gasteiger partial charge >= 0.3 is 0 Å². The van der Waals surface area contributed by atoms with E-state index >= 15 is 0 Å². The topological polar surface area (TPSA) is 50.7 Å². The number of halogens is 1. The van der Waals surface area contributed by atoms with Crippen LogP contribution in [0.3, 0.4) is 0 Å². The van der Waals surface area contributed by atoms with Crippen LogP contribution in [-0.4, -0.2) is 31.4 Å². The van der Waals surface area contributed by atoms with E-state index in [2.05, 4.69) is 5.32 Å². The molecule has 4 nitrogen and oxygen atoms in total. The highest BCUT2D eigenvalue weighted by Gasteiger charge is 2.28. The number of phenols is 1. The minimum Gasteiger partial charge on any atom is -0.506 e. The number of fused-ring (bicyclic) bond motifs is 1. The first-order valence-electron chi connectivity index (χ1n) is 6.29. The van der Waals surface area contributed by atoms with Gasteiger partial charge in [-0.1, -0.05) is 11.6 Å². The van der Waals surface area contributed by atoms with E-state index in [0.29, 0.717) is 29.7 Å². The van der Waals surface area contributed by atoms with Crippen molar-refractivity contribution in [3.63, 3.8) is 0 Å². The highest BCUT2D eigenvalue weighted by atomic mass is 35.5. The Hall–Kier alpha value is -1.13. The van der Waals surface area contributed by atoms with E-state index in [1.165, 1.54) is 6.07 Å². The number of nitrogens with one attached hydrogen (secondary N) is 1. The Morgan fingerprint density at radius 1 is 1.33 bits per heavy atom. The molecule has 2 N–H and O–H groups in total. The Morgan fingerprint density at radius 3 is 2.94 bits per heavy atom. The Morgan fingerprint density at radius 2 is 2.17 bits per heavy atom. The summed E-state index contributed by atoms with van der Waals surface area (Å²) in [5.74, 6) is 1.65. The molecule has 0 radical (unpaired) electrons. The third-order valence-electron chi connectivity index (χ3n) is 3.49. The van der Waals surface area contributed by atoms with Crippen molar-refractivity contribution in [3.05, 3.63) is 16.7 Å². The fraction of sp³-hybridized carbons (Fsp3) is 0.538. The standard InChI is InChI=1S/C13H16ClNO3/c14-12-9(16)6-10-13(18-5-4-17-10)11(12)8-2-1-3-15-7-8/h6,8,15-16H,1-5,7H2. The minimum atomic E-state index is 0.0708. The Labute approximate surface area is 111 Å². The van der Waals surface area contributed by atoms with E-state index in [9.17, 15) is 5.11 Å². The SMILES string of the molecule is Oc1cc2c(c(C3CCCNC3)c1Cl)OCCO2. The average Bonchev–Trinajstić information content (AvgIpc) is 2.41. The largest absolute Gasteiger partial charge is 0.506 e. The molecule has 2 aliphatic rings. The quantitative estimate of drug-likeness (QED) is 0.821. The van der Waals surface area contributed by atoms with E-state index in [1.54, 1.807) is 0 Å². The van der Waals surface area contributed by atoms with E-state index in [0.717, 1.165) is 31.5 Å². The molecule has 0 aliphatic carbocycles. The molecule has 0 aromatic heterocycles. The predicted octanol–water partition coefficient (Wildman–Crippen LogP) is 2.28. The summed E-state index contributed by atoms with van der Waals surface area (Å²) >= 11 is 6.25. The average molecular weight is 270 g/mol. The third kappa shape index (κ3) is 1.99. The molecule has 0 bridgehead atoms. The Bertz CT molecular complexity index is 458. The monoisotopic (exact) mass is 269 g/mol.